The molecule has 0 saturated carbocycles. The molecule has 20 heavy (non-hydrogen) atoms. The Labute approximate surface area is 123 Å². The summed E-state index contributed by atoms with van der Waals surface area (Å²) >= 11 is 0. The molecule has 0 unspecified atom stereocenters. The molecule has 1 saturated heterocycles. The monoisotopic (exact) mass is 269 g/mol. The fourth-order valence-corrected chi connectivity index (χ4v) is 3.54. The van der Waals surface area contributed by atoms with Crippen LogP contribution in [-0.2, 0) is 5.41 Å². The third-order valence-electron chi connectivity index (χ3n) is 5.01. The van der Waals surface area contributed by atoms with Crippen LogP contribution >= 0.6 is 0 Å². The first kappa shape index (κ1) is 13.9. The topological polar surface area (TPSA) is 3.24 Å². The summed E-state index contributed by atoms with van der Waals surface area (Å²) in [5, 5.41) is 0. The lowest BCUT2D eigenvalue weighted by molar-refractivity contribution is 0.163. The normalized spacial score (nSPS) is 21.4. The highest BCUT2D eigenvalue weighted by molar-refractivity contribution is 5.65. The molecule has 0 bridgehead atoms. The fraction of sp³-hybridized carbons (Fsp3) is 0.579. The Balaban J connectivity index is 1.64. The van der Waals surface area contributed by atoms with Gasteiger partial charge >= 0.3 is 0 Å². The number of allylic oxidation sites excluding steroid dienone is 1. The highest BCUT2D eigenvalue weighted by atomic mass is 15.1. The van der Waals surface area contributed by atoms with Crippen LogP contribution in [-0.4, -0.2) is 24.5 Å². The molecule has 3 rings (SSSR count). The minimum absolute atomic E-state index is 0.342. The number of hydrogen-bond acceptors (Lipinski definition) is 1. The predicted molar refractivity (Wildman–Crippen MR) is 86.9 cm³/mol. The van der Waals surface area contributed by atoms with Crippen LogP contribution < -0.4 is 0 Å². The molecule has 1 aliphatic heterocycles. The maximum Gasteiger partial charge on any atom is 0.0165 e. The molecule has 1 spiro atoms. The summed E-state index contributed by atoms with van der Waals surface area (Å²) in [4.78, 5) is 2.66. The summed E-state index contributed by atoms with van der Waals surface area (Å²) in [6.07, 6.45) is 8.67. The minimum Gasteiger partial charge on any atom is -0.303 e. The van der Waals surface area contributed by atoms with Gasteiger partial charge in [-0.25, -0.2) is 0 Å². The zero-order chi connectivity index (χ0) is 14.2. The molecule has 1 aromatic rings. The molecule has 0 atom stereocenters. The first-order chi connectivity index (χ1) is 9.49. The molecule has 108 valence electrons. The van der Waals surface area contributed by atoms with Crippen LogP contribution in [0, 0.1) is 5.41 Å². The summed E-state index contributed by atoms with van der Waals surface area (Å²) in [5.41, 5.74) is 3.80. The average molecular weight is 269 g/mol. The highest BCUT2D eigenvalue weighted by Crippen LogP contribution is 2.43. The molecule has 1 fully saturated rings. The van der Waals surface area contributed by atoms with E-state index in [0.29, 0.717) is 10.8 Å². The molecule has 0 radical (unpaired) electrons. The SMILES string of the molecule is CC(C)(C)CCN1CCC2(C=Cc3ccccc32)CC1. The largest absolute Gasteiger partial charge is 0.303 e. The number of rotatable bonds is 2. The summed E-state index contributed by atoms with van der Waals surface area (Å²) in [6, 6.07) is 8.94. The van der Waals surface area contributed by atoms with Crippen molar-refractivity contribution in [2.75, 3.05) is 19.6 Å². The van der Waals surface area contributed by atoms with Crippen molar-refractivity contribution in [2.45, 2.75) is 45.4 Å². The number of benzene rings is 1. The van der Waals surface area contributed by atoms with E-state index < -0.39 is 0 Å². The van der Waals surface area contributed by atoms with Crippen molar-refractivity contribution in [3.8, 4) is 0 Å². The van der Waals surface area contributed by atoms with E-state index in [1.807, 2.05) is 0 Å². The van der Waals surface area contributed by atoms with Gasteiger partial charge in [-0.3, -0.25) is 0 Å². The zero-order valence-corrected chi connectivity index (χ0v) is 13.2. The van der Waals surface area contributed by atoms with Crippen LogP contribution in [0.25, 0.3) is 6.08 Å². The van der Waals surface area contributed by atoms with Crippen molar-refractivity contribution in [2.24, 2.45) is 5.41 Å². The van der Waals surface area contributed by atoms with Crippen molar-refractivity contribution in [3.63, 3.8) is 0 Å². The molecule has 0 N–H and O–H groups in total. The first-order valence-electron chi connectivity index (χ1n) is 8.00. The molecule has 2 aliphatic rings. The van der Waals surface area contributed by atoms with Gasteiger partial charge in [0, 0.05) is 5.41 Å². The van der Waals surface area contributed by atoms with Crippen LogP contribution in [0.2, 0.25) is 0 Å². The van der Waals surface area contributed by atoms with Crippen LogP contribution in [0.4, 0.5) is 0 Å². The number of fused-ring (bicyclic) bond motifs is 2. The van der Waals surface area contributed by atoms with Gasteiger partial charge in [-0.1, -0.05) is 57.2 Å². The standard InChI is InChI=1S/C19H27N/c1-18(2,3)10-13-20-14-11-19(12-15-20)9-8-16-6-4-5-7-17(16)19/h4-9H,10-15H2,1-3H3. The van der Waals surface area contributed by atoms with Gasteiger partial charge in [0.25, 0.3) is 0 Å². The Kier molecular flexibility index (Phi) is 3.50. The molecule has 1 aliphatic carbocycles. The predicted octanol–water partition coefficient (Wildman–Crippen LogP) is 4.48. The quantitative estimate of drug-likeness (QED) is 0.765. The van der Waals surface area contributed by atoms with Crippen LogP contribution in [0.15, 0.2) is 30.3 Å². The number of nitrogens with zero attached hydrogens (tertiary/aromatic N) is 1. The Morgan fingerprint density at radius 2 is 1.80 bits per heavy atom. The Bertz CT molecular complexity index is 499. The maximum absolute atomic E-state index is 2.66. The molecule has 1 nitrogen and oxygen atoms in total. The summed E-state index contributed by atoms with van der Waals surface area (Å²) in [6.45, 7) is 10.8. The van der Waals surface area contributed by atoms with Gasteiger partial charge in [0.05, 0.1) is 0 Å². The lowest BCUT2D eigenvalue weighted by atomic mass is 9.74. The summed E-state index contributed by atoms with van der Waals surface area (Å²) < 4.78 is 0. The van der Waals surface area contributed by atoms with Gasteiger partial charge in [0.1, 0.15) is 0 Å². The second-order valence-electron chi connectivity index (χ2n) is 7.73. The lowest BCUT2D eigenvalue weighted by Crippen LogP contribution is -2.42. The Morgan fingerprint density at radius 1 is 1.10 bits per heavy atom. The molecular weight excluding hydrogens is 242 g/mol. The zero-order valence-electron chi connectivity index (χ0n) is 13.2. The van der Waals surface area contributed by atoms with Gasteiger partial charge < -0.3 is 4.90 Å². The highest BCUT2D eigenvalue weighted by Gasteiger charge is 2.37. The van der Waals surface area contributed by atoms with Crippen molar-refractivity contribution < 1.29 is 0 Å². The van der Waals surface area contributed by atoms with Gasteiger partial charge in [-0.05, 0) is 55.4 Å². The molecule has 0 amide bonds. The van der Waals surface area contributed by atoms with Crippen molar-refractivity contribution >= 4 is 6.08 Å². The number of piperidine rings is 1. The lowest BCUT2D eigenvalue weighted by Gasteiger charge is -2.40. The van der Waals surface area contributed by atoms with E-state index in [9.17, 15) is 0 Å². The molecule has 1 aromatic carbocycles. The van der Waals surface area contributed by atoms with Crippen molar-refractivity contribution in [3.05, 3.63) is 41.5 Å². The van der Waals surface area contributed by atoms with Crippen LogP contribution in [0.1, 0.15) is 51.2 Å². The van der Waals surface area contributed by atoms with E-state index in [2.05, 4.69) is 62.1 Å². The first-order valence-corrected chi connectivity index (χ1v) is 8.00. The molecule has 0 aromatic heterocycles. The van der Waals surface area contributed by atoms with E-state index in [0.717, 1.165) is 0 Å². The molecule has 1 heterocycles. The molecule has 1 heteroatoms. The maximum atomic E-state index is 2.66. The van der Waals surface area contributed by atoms with E-state index in [1.165, 1.54) is 44.5 Å². The second-order valence-corrected chi connectivity index (χ2v) is 7.73. The third kappa shape index (κ3) is 2.69. The fourth-order valence-electron chi connectivity index (χ4n) is 3.54. The van der Waals surface area contributed by atoms with Gasteiger partial charge in [0.15, 0.2) is 0 Å². The van der Waals surface area contributed by atoms with E-state index in [1.54, 1.807) is 5.56 Å². The van der Waals surface area contributed by atoms with Gasteiger partial charge in [-0.2, -0.15) is 0 Å². The van der Waals surface area contributed by atoms with E-state index in [-0.39, 0.29) is 0 Å². The number of hydrogen-bond donors (Lipinski definition) is 0. The summed E-state index contributed by atoms with van der Waals surface area (Å²) in [5.74, 6) is 0. The van der Waals surface area contributed by atoms with Gasteiger partial charge in [0.2, 0.25) is 0 Å². The van der Waals surface area contributed by atoms with Crippen molar-refractivity contribution in [1.29, 1.82) is 0 Å². The number of likely N-dealkylation sites (tertiary alicyclic amines) is 1. The summed E-state index contributed by atoms with van der Waals surface area (Å²) in [7, 11) is 0. The van der Waals surface area contributed by atoms with Crippen LogP contribution in [0.5, 0.6) is 0 Å². The van der Waals surface area contributed by atoms with Crippen LogP contribution in [0.3, 0.4) is 0 Å². The Hall–Kier alpha value is -1.08. The van der Waals surface area contributed by atoms with Gasteiger partial charge in [-0.15, -0.1) is 0 Å². The minimum atomic E-state index is 0.342. The van der Waals surface area contributed by atoms with E-state index >= 15 is 0 Å². The van der Waals surface area contributed by atoms with Crippen molar-refractivity contribution in [1.82, 2.24) is 4.90 Å². The second kappa shape index (κ2) is 5.04. The smallest absolute Gasteiger partial charge is 0.0165 e. The third-order valence-corrected chi connectivity index (χ3v) is 5.01. The Morgan fingerprint density at radius 3 is 2.50 bits per heavy atom. The molecular formula is C19H27N. The average Bonchev–Trinajstić information content (AvgIpc) is 2.77. The van der Waals surface area contributed by atoms with E-state index in [4.69, 9.17) is 0 Å².